The van der Waals surface area contributed by atoms with E-state index >= 15 is 0 Å². The van der Waals surface area contributed by atoms with Crippen LogP contribution in [0.2, 0.25) is 0 Å². The van der Waals surface area contributed by atoms with Crippen LogP contribution in [-0.2, 0) is 0 Å². The van der Waals surface area contributed by atoms with Gasteiger partial charge in [0.15, 0.2) is 0 Å². The molecule has 1 atom stereocenters. The first-order valence-corrected chi connectivity index (χ1v) is 9.23. The van der Waals surface area contributed by atoms with Crippen molar-refractivity contribution in [3.63, 3.8) is 0 Å². The fourth-order valence-electron chi connectivity index (χ4n) is 3.17. The molecule has 2 fully saturated rings. The molecule has 1 heterocycles. The Kier molecular flexibility index (Phi) is 5.83. The average molecular weight is 282 g/mol. The van der Waals surface area contributed by atoms with Crippen LogP contribution in [0.25, 0.3) is 0 Å². The quantitative estimate of drug-likeness (QED) is 0.754. The van der Waals surface area contributed by atoms with Crippen LogP contribution in [-0.4, -0.2) is 23.6 Å². The summed E-state index contributed by atoms with van der Waals surface area (Å²) in [5.74, 6) is 4.44. The highest BCUT2D eigenvalue weighted by molar-refractivity contribution is 7.99. The molecule has 0 aromatic heterocycles. The zero-order valence-electron chi connectivity index (χ0n) is 13.0. The summed E-state index contributed by atoms with van der Waals surface area (Å²) in [6.45, 7) is 7.93. The van der Waals surface area contributed by atoms with Crippen molar-refractivity contribution in [2.45, 2.75) is 64.8 Å². The molecule has 1 N–H and O–H groups in total. The van der Waals surface area contributed by atoms with Gasteiger partial charge in [0.25, 0.3) is 0 Å². The standard InChI is InChI=1S/C17H31NS/c1-17(2,3)18-12-16(11-14-9-10-19-13-14)15-7-5-4-6-8-15/h11,14-15,18H,4-10,12-13H2,1-3H3. The monoisotopic (exact) mass is 281 g/mol. The molecule has 0 spiro atoms. The van der Waals surface area contributed by atoms with Crippen LogP contribution >= 0.6 is 11.8 Å². The average Bonchev–Trinajstić information content (AvgIpc) is 2.87. The van der Waals surface area contributed by atoms with E-state index < -0.39 is 0 Å². The van der Waals surface area contributed by atoms with E-state index in [0.717, 1.165) is 18.4 Å². The molecule has 0 radical (unpaired) electrons. The molecule has 2 aliphatic rings. The van der Waals surface area contributed by atoms with Gasteiger partial charge < -0.3 is 5.32 Å². The summed E-state index contributed by atoms with van der Waals surface area (Å²) in [5, 5.41) is 3.72. The summed E-state index contributed by atoms with van der Waals surface area (Å²) in [5.41, 5.74) is 1.96. The Morgan fingerprint density at radius 2 is 1.89 bits per heavy atom. The maximum absolute atomic E-state index is 3.72. The molecule has 1 unspecified atom stereocenters. The molecule has 1 saturated carbocycles. The molecule has 0 bridgehead atoms. The van der Waals surface area contributed by atoms with E-state index in [4.69, 9.17) is 0 Å². The van der Waals surface area contributed by atoms with Crippen LogP contribution in [0.3, 0.4) is 0 Å². The lowest BCUT2D eigenvalue weighted by molar-refractivity contribution is 0.374. The van der Waals surface area contributed by atoms with Crippen molar-refractivity contribution >= 4 is 11.8 Å². The maximum Gasteiger partial charge on any atom is 0.0172 e. The number of thioether (sulfide) groups is 1. The molecule has 1 aliphatic carbocycles. The minimum Gasteiger partial charge on any atom is -0.308 e. The van der Waals surface area contributed by atoms with Crippen molar-refractivity contribution in [2.24, 2.45) is 11.8 Å². The Bertz CT molecular complexity index is 291. The van der Waals surface area contributed by atoms with E-state index in [1.807, 2.05) is 0 Å². The summed E-state index contributed by atoms with van der Waals surface area (Å²) in [6, 6.07) is 0. The predicted molar refractivity (Wildman–Crippen MR) is 87.8 cm³/mol. The van der Waals surface area contributed by atoms with E-state index in [0.29, 0.717) is 0 Å². The first-order valence-electron chi connectivity index (χ1n) is 8.08. The van der Waals surface area contributed by atoms with Gasteiger partial charge >= 0.3 is 0 Å². The van der Waals surface area contributed by atoms with Gasteiger partial charge in [0.1, 0.15) is 0 Å². The highest BCUT2D eigenvalue weighted by Gasteiger charge is 2.22. The molecule has 2 heteroatoms. The first kappa shape index (κ1) is 15.4. The van der Waals surface area contributed by atoms with E-state index in [-0.39, 0.29) is 5.54 Å². The molecule has 1 saturated heterocycles. The first-order chi connectivity index (χ1) is 9.04. The molecule has 1 aliphatic heterocycles. The van der Waals surface area contributed by atoms with Crippen molar-refractivity contribution in [1.29, 1.82) is 0 Å². The third-order valence-corrected chi connectivity index (χ3v) is 5.56. The lowest BCUT2D eigenvalue weighted by Crippen LogP contribution is -2.38. The Labute approximate surface area is 124 Å². The van der Waals surface area contributed by atoms with Gasteiger partial charge in [-0.2, -0.15) is 11.8 Å². The number of hydrogen-bond donors (Lipinski definition) is 1. The number of rotatable bonds is 4. The van der Waals surface area contributed by atoms with Gasteiger partial charge in [-0.3, -0.25) is 0 Å². The van der Waals surface area contributed by atoms with Gasteiger partial charge in [0, 0.05) is 12.1 Å². The molecule has 19 heavy (non-hydrogen) atoms. The molecule has 2 rings (SSSR count). The van der Waals surface area contributed by atoms with E-state index in [2.05, 4.69) is 43.9 Å². The minimum atomic E-state index is 0.234. The topological polar surface area (TPSA) is 12.0 Å². The molecule has 0 aromatic rings. The normalized spacial score (nSPS) is 26.9. The zero-order valence-corrected chi connectivity index (χ0v) is 13.8. The van der Waals surface area contributed by atoms with Crippen molar-refractivity contribution in [3.05, 3.63) is 11.6 Å². The van der Waals surface area contributed by atoms with E-state index in [9.17, 15) is 0 Å². The third kappa shape index (κ3) is 5.51. The van der Waals surface area contributed by atoms with E-state index in [1.165, 1.54) is 50.0 Å². The fraction of sp³-hybridized carbons (Fsp3) is 0.882. The lowest BCUT2D eigenvalue weighted by Gasteiger charge is -2.29. The summed E-state index contributed by atoms with van der Waals surface area (Å²) < 4.78 is 0. The summed E-state index contributed by atoms with van der Waals surface area (Å²) in [4.78, 5) is 0. The van der Waals surface area contributed by atoms with Crippen LogP contribution in [0.5, 0.6) is 0 Å². The van der Waals surface area contributed by atoms with Gasteiger partial charge in [0.05, 0.1) is 0 Å². The van der Waals surface area contributed by atoms with Crippen molar-refractivity contribution in [1.82, 2.24) is 5.32 Å². The summed E-state index contributed by atoms with van der Waals surface area (Å²) >= 11 is 2.13. The molecule has 0 aromatic carbocycles. The third-order valence-electron chi connectivity index (χ3n) is 4.37. The Balaban J connectivity index is 1.98. The van der Waals surface area contributed by atoms with Gasteiger partial charge in [-0.1, -0.05) is 30.9 Å². The largest absolute Gasteiger partial charge is 0.308 e. The molecule has 1 nitrogen and oxygen atoms in total. The van der Waals surface area contributed by atoms with Crippen LogP contribution in [0, 0.1) is 11.8 Å². The molecule has 0 amide bonds. The lowest BCUT2D eigenvalue weighted by atomic mass is 9.82. The highest BCUT2D eigenvalue weighted by Crippen LogP contribution is 2.33. The highest BCUT2D eigenvalue weighted by atomic mass is 32.2. The SMILES string of the molecule is CC(C)(C)NCC(=CC1CCSC1)C1CCCCC1. The van der Waals surface area contributed by atoms with Gasteiger partial charge in [-0.15, -0.1) is 0 Å². The second-order valence-electron chi connectivity index (χ2n) is 7.30. The summed E-state index contributed by atoms with van der Waals surface area (Å²) in [7, 11) is 0. The van der Waals surface area contributed by atoms with Crippen molar-refractivity contribution in [2.75, 3.05) is 18.1 Å². The minimum absolute atomic E-state index is 0.234. The van der Waals surface area contributed by atoms with Crippen molar-refractivity contribution < 1.29 is 0 Å². The van der Waals surface area contributed by atoms with Crippen LogP contribution in [0.15, 0.2) is 11.6 Å². The Morgan fingerprint density at radius 1 is 1.16 bits per heavy atom. The smallest absolute Gasteiger partial charge is 0.0172 e. The van der Waals surface area contributed by atoms with Gasteiger partial charge in [0.2, 0.25) is 0 Å². The fourth-order valence-corrected chi connectivity index (χ4v) is 4.37. The zero-order chi connectivity index (χ0) is 13.7. The van der Waals surface area contributed by atoms with Crippen LogP contribution in [0.4, 0.5) is 0 Å². The molecular weight excluding hydrogens is 250 g/mol. The number of hydrogen-bond acceptors (Lipinski definition) is 2. The summed E-state index contributed by atoms with van der Waals surface area (Å²) in [6.07, 6.45) is 11.2. The predicted octanol–water partition coefficient (Wildman–Crippen LogP) is 4.63. The Morgan fingerprint density at radius 3 is 2.47 bits per heavy atom. The van der Waals surface area contributed by atoms with Crippen molar-refractivity contribution in [3.8, 4) is 0 Å². The maximum atomic E-state index is 3.72. The molecular formula is C17H31NS. The van der Waals surface area contributed by atoms with Crippen LogP contribution in [0.1, 0.15) is 59.3 Å². The van der Waals surface area contributed by atoms with Gasteiger partial charge in [-0.25, -0.2) is 0 Å². The Hall–Kier alpha value is 0.0500. The van der Waals surface area contributed by atoms with Crippen LogP contribution < -0.4 is 5.32 Å². The second-order valence-corrected chi connectivity index (χ2v) is 8.45. The van der Waals surface area contributed by atoms with Gasteiger partial charge in [-0.05, 0) is 63.4 Å². The second kappa shape index (κ2) is 7.17. The number of allylic oxidation sites excluding steroid dienone is 1. The molecule has 110 valence electrons. The van der Waals surface area contributed by atoms with E-state index in [1.54, 1.807) is 5.57 Å². The number of nitrogens with one attached hydrogen (secondary N) is 1.